The number of hydrogen-bond acceptors (Lipinski definition) is 3. The molecule has 0 aliphatic heterocycles. The summed E-state index contributed by atoms with van der Waals surface area (Å²) in [5.41, 5.74) is 4.61. The van der Waals surface area contributed by atoms with Crippen LogP contribution >= 0.6 is 0 Å². The molecule has 5 nitrogen and oxygen atoms in total. The molecule has 38 heavy (non-hydrogen) atoms. The lowest BCUT2D eigenvalue weighted by atomic mass is 9.98. The third-order valence-corrected chi connectivity index (χ3v) is 7.78. The highest BCUT2D eigenvalue weighted by molar-refractivity contribution is 5.81. The van der Waals surface area contributed by atoms with E-state index in [1.54, 1.807) is 0 Å². The number of aliphatic carboxylic acids is 1. The van der Waals surface area contributed by atoms with Crippen molar-refractivity contribution in [2.45, 2.75) is 115 Å². The van der Waals surface area contributed by atoms with Gasteiger partial charge in [-0.05, 0) is 28.7 Å². The minimum Gasteiger partial charge on any atom is -0.480 e. The Kier molecular flexibility index (Phi) is 13.2. The molecule has 208 valence electrons. The summed E-state index contributed by atoms with van der Waals surface area (Å²) in [6.07, 6.45) is 17.3. The predicted molar refractivity (Wildman–Crippen MR) is 155 cm³/mol. The van der Waals surface area contributed by atoms with Gasteiger partial charge in [0.05, 0.1) is 0 Å². The monoisotopic (exact) mass is 521 g/mol. The summed E-state index contributed by atoms with van der Waals surface area (Å²) in [5, 5.41) is 12.2. The van der Waals surface area contributed by atoms with Gasteiger partial charge in [-0.25, -0.2) is 9.59 Å². The molecule has 0 saturated heterocycles. The molecule has 0 saturated carbocycles. The molecule has 1 atom stereocenters. The number of unbranched alkanes of at least 4 members (excludes halogenated alkanes) is 13. The van der Waals surface area contributed by atoms with Gasteiger partial charge in [0.1, 0.15) is 12.6 Å². The van der Waals surface area contributed by atoms with Crippen LogP contribution in [0.25, 0.3) is 11.1 Å². The van der Waals surface area contributed by atoms with E-state index in [9.17, 15) is 14.7 Å². The Balaban J connectivity index is 1.28. The average Bonchev–Trinajstić information content (AvgIpc) is 3.25. The van der Waals surface area contributed by atoms with Crippen LogP contribution in [0.2, 0.25) is 0 Å². The maximum atomic E-state index is 12.5. The van der Waals surface area contributed by atoms with Crippen molar-refractivity contribution >= 4 is 12.1 Å². The first-order valence-corrected chi connectivity index (χ1v) is 15.0. The molecular weight excluding hydrogens is 474 g/mol. The van der Waals surface area contributed by atoms with E-state index in [1.807, 2.05) is 24.3 Å². The minimum absolute atomic E-state index is 0.0396. The van der Waals surface area contributed by atoms with Gasteiger partial charge in [-0.3, -0.25) is 0 Å². The first kappa shape index (κ1) is 29.7. The van der Waals surface area contributed by atoms with Crippen molar-refractivity contribution in [3.8, 4) is 11.1 Å². The van der Waals surface area contributed by atoms with Crippen molar-refractivity contribution < 1.29 is 19.4 Å². The minimum atomic E-state index is -1.01. The van der Waals surface area contributed by atoms with E-state index in [0.29, 0.717) is 6.42 Å². The third kappa shape index (κ3) is 9.49. The van der Waals surface area contributed by atoms with Crippen molar-refractivity contribution in [2.75, 3.05) is 6.61 Å². The lowest BCUT2D eigenvalue weighted by molar-refractivity contribution is -0.139. The molecule has 2 N–H and O–H groups in total. The number of amides is 1. The third-order valence-electron chi connectivity index (χ3n) is 7.78. The first-order chi connectivity index (χ1) is 18.6. The molecule has 0 heterocycles. The second-order valence-corrected chi connectivity index (χ2v) is 10.7. The maximum Gasteiger partial charge on any atom is 0.407 e. The van der Waals surface area contributed by atoms with Crippen molar-refractivity contribution in [3.05, 3.63) is 59.7 Å². The first-order valence-electron chi connectivity index (χ1n) is 15.0. The molecule has 2 aromatic rings. The quantitative estimate of drug-likeness (QED) is 0.181. The fourth-order valence-electron chi connectivity index (χ4n) is 5.58. The van der Waals surface area contributed by atoms with Crippen molar-refractivity contribution in [2.24, 2.45) is 0 Å². The second-order valence-electron chi connectivity index (χ2n) is 10.7. The van der Waals surface area contributed by atoms with Crippen LogP contribution in [0.15, 0.2) is 48.5 Å². The highest BCUT2D eigenvalue weighted by Crippen LogP contribution is 2.44. The Bertz CT molecular complexity index is 943. The van der Waals surface area contributed by atoms with E-state index in [1.165, 1.54) is 81.8 Å². The van der Waals surface area contributed by atoms with Gasteiger partial charge in [0.2, 0.25) is 0 Å². The lowest BCUT2D eigenvalue weighted by Gasteiger charge is -2.17. The van der Waals surface area contributed by atoms with Gasteiger partial charge in [0, 0.05) is 5.92 Å². The van der Waals surface area contributed by atoms with Gasteiger partial charge in [0.25, 0.3) is 0 Å². The van der Waals surface area contributed by atoms with Crippen molar-refractivity contribution in [1.82, 2.24) is 5.32 Å². The van der Waals surface area contributed by atoms with Crippen molar-refractivity contribution in [3.63, 3.8) is 0 Å². The predicted octanol–water partition coefficient (Wildman–Crippen LogP) is 8.85. The molecule has 1 amide bonds. The molecular formula is C33H47NO4. The highest BCUT2D eigenvalue weighted by Gasteiger charge is 2.29. The fraction of sp³-hybridized carbons (Fsp3) is 0.576. The van der Waals surface area contributed by atoms with Crippen LogP contribution < -0.4 is 5.32 Å². The van der Waals surface area contributed by atoms with E-state index in [-0.39, 0.29) is 12.5 Å². The molecule has 2 aromatic carbocycles. The number of carbonyl (C=O) groups is 2. The second kappa shape index (κ2) is 16.9. The number of carboxylic acids is 1. The van der Waals surface area contributed by atoms with Gasteiger partial charge < -0.3 is 15.2 Å². The normalized spacial score (nSPS) is 13.1. The Hall–Kier alpha value is -2.82. The summed E-state index contributed by atoms with van der Waals surface area (Å²) in [4.78, 5) is 24.2. The molecule has 0 aromatic heterocycles. The topological polar surface area (TPSA) is 75.6 Å². The zero-order chi connectivity index (χ0) is 27.0. The van der Waals surface area contributed by atoms with Crippen LogP contribution in [-0.4, -0.2) is 29.8 Å². The molecule has 5 heteroatoms. The summed E-state index contributed by atoms with van der Waals surface area (Å²) >= 11 is 0. The summed E-state index contributed by atoms with van der Waals surface area (Å²) < 4.78 is 5.53. The number of benzene rings is 2. The molecule has 0 fully saturated rings. The summed E-state index contributed by atoms with van der Waals surface area (Å²) in [7, 11) is 0. The van der Waals surface area contributed by atoms with E-state index >= 15 is 0 Å². The lowest BCUT2D eigenvalue weighted by Crippen LogP contribution is -2.41. The molecule has 0 bridgehead atoms. The number of ether oxygens (including phenoxy) is 1. The number of hydrogen-bond donors (Lipinski definition) is 2. The largest absolute Gasteiger partial charge is 0.480 e. The fourth-order valence-corrected chi connectivity index (χ4v) is 5.58. The Labute approximate surface area is 229 Å². The molecule has 0 spiro atoms. The average molecular weight is 522 g/mol. The van der Waals surface area contributed by atoms with Gasteiger partial charge in [-0.2, -0.15) is 0 Å². The Morgan fingerprint density at radius 1 is 0.737 bits per heavy atom. The standard InChI is InChI=1S/C33H47NO4/c1-2-3-4-5-6-7-8-9-10-11-12-13-14-15-24-31(32(35)36)34-33(37)38-25-30-28-22-18-16-20-26(28)27-21-17-19-23-29(27)30/h16-23,30-31H,2-15,24-25H2,1H3,(H,34,37)(H,35,36). The molecule has 1 unspecified atom stereocenters. The van der Waals surface area contributed by atoms with Crippen LogP contribution in [0.3, 0.4) is 0 Å². The van der Waals surface area contributed by atoms with Gasteiger partial charge in [-0.1, -0.05) is 145 Å². The SMILES string of the molecule is CCCCCCCCCCCCCCCCC(NC(=O)OCC1c2ccccc2-c2ccccc21)C(=O)O. The van der Waals surface area contributed by atoms with E-state index in [0.717, 1.165) is 30.4 Å². The number of rotatable bonds is 19. The zero-order valence-electron chi connectivity index (χ0n) is 23.3. The number of carbonyl (C=O) groups excluding carboxylic acids is 1. The zero-order valence-corrected chi connectivity index (χ0v) is 23.3. The van der Waals surface area contributed by atoms with Crippen LogP contribution in [-0.2, 0) is 9.53 Å². The number of fused-ring (bicyclic) bond motifs is 3. The summed E-state index contributed by atoms with van der Waals surface area (Å²) in [6, 6.07) is 15.4. The van der Waals surface area contributed by atoms with Crippen LogP contribution in [0, 0.1) is 0 Å². The van der Waals surface area contributed by atoms with E-state index < -0.39 is 18.1 Å². The molecule has 1 aliphatic carbocycles. The smallest absolute Gasteiger partial charge is 0.407 e. The van der Waals surface area contributed by atoms with Gasteiger partial charge in [0.15, 0.2) is 0 Å². The summed E-state index contributed by atoms with van der Waals surface area (Å²) in [5.74, 6) is -1.05. The number of alkyl carbamates (subject to hydrolysis) is 1. The number of carboxylic acid groups (broad SMARTS) is 1. The van der Waals surface area contributed by atoms with E-state index in [2.05, 4.69) is 36.5 Å². The molecule has 0 radical (unpaired) electrons. The van der Waals surface area contributed by atoms with Crippen LogP contribution in [0.4, 0.5) is 4.79 Å². The van der Waals surface area contributed by atoms with Crippen LogP contribution in [0.5, 0.6) is 0 Å². The number of nitrogens with one attached hydrogen (secondary N) is 1. The summed E-state index contributed by atoms with van der Waals surface area (Å²) in [6.45, 7) is 2.44. The Morgan fingerprint density at radius 3 is 1.66 bits per heavy atom. The molecule has 3 rings (SSSR count). The maximum absolute atomic E-state index is 12.5. The van der Waals surface area contributed by atoms with E-state index in [4.69, 9.17) is 4.74 Å². The van der Waals surface area contributed by atoms with Crippen molar-refractivity contribution in [1.29, 1.82) is 0 Å². The van der Waals surface area contributed by atoms with Gasteiger partial charge >= 0.3 is 12.1 Å². The van der Waals surface area contributed by atoms with Crippen LogP contribution in [0.1, 0.15) is 120 Å². The Morgan fingerprint density at radius 2 is 1.18 bits per heavy atom. The highest BCUT2D eigenvalue weighted by atomic mass is 16.5. The van der Waals surface area contributed by atoms with Gasteiger partial charge in [-0.15, -0.1) is 0 Å². The molecule has 1 aliphatic rings.